The van der Waals surface area contributed by atoms with Crippen molar-refractivity contribution in [2.45, 2.75) is 64.2 Å². The highest BCUT2D eigenvalue weighted by Crippen LogP contribution is 2.41. The van der Waals surface area contributed by atoms with E-state index in [4.69, 9.17) is 16.0 Å². The zero-order valence-corrected chi connectivity index (χ0v) is 21.7. The lowest BCUT2D eigenvalue weighted by Crippen LogP contribution is -2.59. The van der Waals surface area contributed by atoms with Gasteiger partial charge in [-0.1, -0.05) is 81.4 Å². The average Bonchev–Trinajstić information content (AvgIpc) is 2.70. The molecule has 1 fully saturated rings. The van der Waals surface area contributed by atoms with Gasteiger partial charge >= 0.3 is 0 Å². The van der Waals surface area contributed by atoms with Gasteiger partial charge in [-0.3, -0.25) is 14.5 Å². The fourth-order valence-corrected chi connectivity index (χ4v) is 5.18. The van der Waals surface area contributed by atoms with E-state index in [9.17, 15) is 9.59 Å². The molecule has 0 unspecified atom stereocenters. The molecule has 0 bridgehead atoms. The van der Waals surface area contributed by atoms with Gasteiger partial charge in [-0.2, -0.15) is 0 Å². The van der Waals surface area contributed by atoms with E-state index in [0.29, 0.717) is 25.1 Å². The molecule has 0 aromatic heterocycles. The van der Waals surface area contributed by atoms with Crippen molar-refractivity contribution in [2.75, 3.05) is 12.9 Å². The normalized spacial score (nSPS) is 20.7. The maximum atomic E-state index is 13.0. The van der Waals surface area contributed by atoms with E-state index < -0.39 is 13.8 Å². The Balaban J connectivity index is 2.21. The maximum Gasteiger partial charge on any atom is 0.235 e. The monoisotopic (exact) mass is 467 g/mol. The first-order valence-electron chi connectivity index (χ1n) is 10.4. The van der Waals surface area contributed by atoms with Gasteiger partial charge in [0.15, 0.2) is 8.32 Å². The van der Waals surface area contributed by atoms with E-state index in [0.717, 1.165) is 22.9 Å². The molecule has 0 aliphatic carbocycles. The molecule has 4 nitrogen and oxygen atoms in total. The SMILES string of the molecule is CCC(=C(C(=O)SC)N1C(=O)[C@H](CCO[Si](C)(C)C(C)(C)C)[C@H]1Cl)c1ccccc1. The highest BCUT2D eigenvalue weighted by atomic mass is 35.5. The summed E-state index contributed by atoms with van der Waals surface area (Å²) in [5.41, 5.74) is 1.68. The number of allylic oxidation sites excluding steroid dienone is 1. The first-order chi connectivity index (χ1) is 14.0. The van der Waals surface area contributed by atoms with Crippen LogP contribution in [0.25, 0.3) is 5.57 Å². The number of likely N-dealkylation sites (tertiary alicyclic amines) is 1. The number of benzene rings is 1. The molecule has 166 valence electrons. The topological polar surface area (TPSA) is 46.6 Å². The summed E-state index contributed by atoms with van der Waals surface area (Å²) in [4.78, 5) is 27.3. The van der Waals surface area contributed by atoms with Crippen LogP contribution in [0.5, 0.6) is 0 Å². The van der Waals surface area contributed by atoms with Gasteiger partial charge in [0.2, 0.25) is 11.0 Å². The molecule has 1 saturated heterocycles. The van der Waals surface area contributed by atoms with Crippen molar-refractivity contribution in [1.29, 1.82) is 0 Å². The van der Waals surface area contributed by atoms with Gasteiger partial charge in [-0.05, 0) is 48.4 Å². The van der Waals surface area contributed by atoms with Crippen molar-refractivity contribution < 1.29 is 14.0 Å². The molecule has 1 aliphatic rings. The molecule has 1 amide bonds. The predicted octanol–water partition coefficient (Wildman–Crippen LogP) is 6.13. The summed E-state index contributed by atoms with van der Waals surface area (Å²) in [6, 6.07) is 9.73. The number of alkyl halides is 1. The Labute approximate surface area is 191 Å². The van der Waals surface area contributed by atoms with Gasteiger partial charge in [-0.25, -0.2) is 0 Å². The van der Waals surface area contributed by atoms with Crippen LogP contribution in [0.3, 0.4) is 0 Å². The number of rotatable bonds is 8. The number of β-lactam (4-membered cyclic amide) rings is 1. The lowest BCUT2D eigenvalue weighted by atomic mass is 9.91. The van der Waals surface area contributed by atoms with Crippen LogP contribution in [-0.4, -0.2) is 42.6 Å². The van der Waals surface area contributed by atoms with Gasteiger partial charge < -0.3 is 4.43 Å². The Morgan fingerprint density at radius 3 is 2.30 bits per heavy atom. The summed E-state index contributed by atoms with van der Waals surface area (Å²) >= 11 is 7.78. The molecule has 0 saturated carbocycles. The van der Waals surface area contributed by atoms with Crippen molar-refractivity contribution in [2.24, 2.45) is 5.92 Å². The molecule has 2 rings (SSSR count). The third-order valence-corrected chi connectivity index (χ3v) is 11.8. The quantitative estimate of drug-likeness (QED) is 0.151. The molecule has 1 aromatic carbocycles. The van der Waals surface area contributed by atoms with Gasteiger partial charge in [0.05, 0.1) is 5.92 Å². The van der Waals surface area contributed by atoms with E-state index in [1.54, 1.807) is 6.26 Å². The molecule has 1 aliphatic heterocycles. The number of nitrogens with zero attached hydrogens (tertiary/aromatic N) is 1. The molecule has 1 heterocycles. The van der Waals surface area contributed by atoms with Gasteiger partial charge in [0, 0.05) is 6.61 Å². The number of hydrogen-bond acceptors (Lipinski definition) is 4. The summed E-state index contributed by atoms with van der Waals surface area (Å²) in [5.74, 6) is -0.414. The van der Waals surface area contributed by atoms with Crippen LogP contribution in [-0.2, 0) is 14.0 Å². The van der Waals surface area contributed by atoms with Crippen molar-refractivity contribution in [3.8, 4) is 0 Å². The minimum Gasteiger partial charge on any atom is -0.417 e. The lowest BCUT2D eigenvalue weighted by molar-refractivity contribution is -0.149. The maximum absolute atomic E-state index is 13.0. The molecule has 0 spiro atoms. The third-order valence-electron chi connectivity index (χ3n) is 6.21. The zero-order chi connectivity index (χ0) is 22.7. The summed E-state index contributed by atoms with van der Waals surface area (Å²) in [7, 11) is -1.87. The third kappa shape index (κ3) is 5.21. The van der Waals surface area contributed by atoms with Crippen LogP contribution in [0.1, 0.15) is 46.1 Å². The minimum absolute atomic E-state index is 0.0897. The molecule has 2 atom stereocenters. The summed E-state index contributed by atoms with van der Waals surface area (Å²) in [5, 5.41) is -0.0132. The molecule has 1 aromatic rings. The van der Waals surface area contributed by atoms with Crippen molar-refractivity contribution >= 4 is 48.3 Å². The van der Waals surface area contributed by atoms with E-state index in [1.165, 1.54) is 4.90 Å². The zero-order valence-electron chi connectivity index (χ0n) is 19.1. The Hall–Kier alpha value is -1.08. The van der Waals surface area contributed by atoms with Crippen LogP contribution < -0.4 is 0 Å². The Morgan fingerprint density at radius 2 is 1.83 bits per heavy atom. The van der Waals surface area contributed by atoms with Gasteiger partial charge in [-0.15, -0.1) is 0 Å². The van der Waals surface area contributed by atoms with Crippen LogP contribution >= 0.6 is 23.4 Å². The number of thioether (sulfide) groups is 1. The second-order valence-electron chi connectivity index (χ2n) is 9.12. The largest absolute Gasteiger partial charge is 0.417 e. The molecule has 30 heavy (non-hydrogen) atoms. The van der Waals surface area contributed by atoms with E-state index >= 15 is 0 Å². The fourth-order valence-electron chi connectivity index (χ4n) is 3.28. The van der Waals surface area contributed by atoms with Crippen LogP contribution in [0.2, 0.25) is 18.1 Å². The Morgan fingerprint density at radius 1 is 1.23 bits per heavy atom. The van der Waals surface area contributed by atoms with Crippen LogP contribution in [0.15, 0.2) is 36.0 Å². The molecule has 0 radical (unpaired) electrons. The van der Waals surface area contributed by atoms with E-state index in [2.05, 4.69) is 33.9 Å². The summed E-state index contributed by atoms with van der Waals surface area (Å²) < 4.78 is 6.23. The first-order valence-corrected chi connectivity index (χ1v) is 15.0. The molecule has 7 heteroatoms. The average molecular weight is 468 g/mol. The number of halogens is 1. The highest BCUT2D eigenvalue weighted by molar-refractivity contribution is 8.13. The highest BCUT2D eigenvalue weighted by Gasteiger charge is 2.50. The summed E-state index contributed by atoms with van der Waals surface area (Å²) in [6.45, 7) is 13.5. The number of amides is 1. The van der Waals surface area contributed by atoms with Crippen LogP contribution in [0.4, 0.5) is 0 Å². The Kier molecular flexibility index (Phi) is 8.41. The lowest BCUT2D eigenvalue weighted by Gasteiger charge is -2.45. The molecular weight excluding hydrogens is 434 g/mol. The minimum atomic E-state index is -1.87. The second kappa shape index (κ2) is 10.0. The first kappa shape index (κ1) is 25.2. The Bertz CT molecular complexity index is 804. The smallest absolute Gasteiger partial charge is 0.235 e. The number of carbonyl (C=O) groups excluding carboxylic acids is 2. The van der Waals surface area contributed by atoms with Crippen molar-refractivity contribution in [3.05, 3.63) is 41.6 Å². The predicted molar refractivity (Wildman–Crippen MR) is 130 cm³/mol. The van der Waals surface area contributed by atoms with Crippen molar-refractivity contribution in [1.82, 2.24) is 4.90 Å². The van der Waals surface area contributed by atoms with Gasteiger partial charge in [0.25, 0.3) is 0 Å². The molecular formula is C23H34ClNO3SSi. The fraction of sp³-hybridized carbons (Fsp3) is 0.565. The van der Waals surface area contributed by atoms with Gasteiger partial charge in [0.1, 0.15) is 11.2 Å². The molecule has 0 N–H and O–H groups in total. The van der Waals surface area contributed by atoms with Crippen molar-refractivity contribution in [3.63, 3.8) is 0 Å². The number of carbonyl (C=O) groups is 2. The van der Waals surface area contributed by atoms with E-state index in [1.807, 2.05) is 37.3 Å². The summed E-state index contributed by atoms with van der Waals surface area (Å²) in [6.07, 6.45) is 2.94. The van der Waals surface area contributed by atoms with Crippen LogP contribution in [0, 0.1) is 5.92 Å². The van der Waals surface area contributed by atoms with E-state index in [-0.39, 0.29) is 22.0 Å². The number of hydrogen-bond donors (Lipinski definition) is 0. The second-order valence-corrected chi connectivity index (χ2v) is 15.2. The standard InChI is InChI=1S/C23H34ClNO3SSi/c1-8-17(16-12-10-9-11-13-16)19(22(27)29-5)25-20(24)18(21(25)26)14-15-28-30(6,7)23(2,3)4/h9-13,18,20H,8,14-15H2,1-7H3/t18-,20+/m1/s1.